The summed E-state index contributed by atoms with van der Waals surface area (Å²) in [7, 11) is 0. The molecule has 1 N–H and O–H groups in total. The van der Waals surface area contributed by atoms with Crippen molar-refractivity contribution in [1.82, 2.24) is 10.2 Å². The number of hydrogen-bond donors (Lipinski definition) is 1. The topological polar surface area (TPSA) is 32.3 Å². The summed E-state index contributed by atoms with van der Waals surface area (Å²) in [5.74, 6) is 0.287. The molecule has 0 spiro atoms. The van der Waals surface area contributed by atoms with Crippen LogP contribution in [0.25, 0.3) is 0 Å². The van der Waals surface area contributed by atoms with Crippen LogP contribution in [0.5, 0.6) is 0 Å². The molecule has 0 aromatic heterocycles. The number of carbonyl (C=O) groups excluding carboxylic acids is 1. The highest BCUT2D eigenvalue weighted by atomic mass is 35.5. The molecule has 1 amide bonds. The van der Waals surface area contributed by atoms with E-state index in [9.17, 15) is 4.79 Å². The Morgan fingerprint density at radius 2 is 2.12 bits per heavy atom. The third kappa shape index (κ3) is 3.20. The van der Waals surface area contributed by atoms with Gasteiger partial charge in [0.1, 0.15) is 0 Å². The molecule has 1 aliphatic heterocycles. The summed E-state index contributed by atoms with van der Waals surface area (Å²) in [6, 6.07) is 7.67. The van der Waals surface area contributed by atoms with E-state index in [-0.39, 0.29) is 11.8 Å². The summed E-state index contributed by atoms with van der Waals surface area (Å²) in [6.45, 7) is 5.04. The largest absolute Gasteiger partial charge is 0.337 e. The normalized spacial score (nSPS) is 21.4. The van der Waals surface area contributed by atoms with Crippen LogP contribution < -0.4 is 5.32 Å². The Kier molecular flexibility index (Phi) is 4.02. The zero-order valence-corrected chi connectivity index (χ0v) is 10.7. The molecule has 0 radical (unpaired) electrons. The molecule has 3 nitrogen and oxygen atoms in total. The lowest BCUT2D eigenvalue weighted by molar-refractivity contribution is -0.134. The van der Waals surface area contributed by atoms with Crippen LogP contribution in [0.4, 0.5) is 0 Å². The molecule has 1 heterocycles. The predicted octanol–water partition coefficient (Wildman–Crippen LogP) is 1.91. The molecule has 1 aliphatic rings. The van der Waals surface area contributed by atoms with Crippen molar-refractivity contribution >= 4 is 17.5 Å². The van der Waals surface area contributed by atoms with Crippen LogP contribution in [-0.2, 0) is 11.3 Å². The van der Waals surface area contributed by atoms with Crippen molar-refractivity contribution in [3.63, 3.8) is 0 Å². The van der Waals surface area contributed by atoms with E-state index in [2.05, 4.69) is 5.32 Å². The summed E-state index contributed by atoms with van der Waals surface area (Å²) >= 11 is 5.84. The second-order valence-electron chi connectivity index (χ2n) is 4.49. The minimum absolute atomic E-state index is 0.0600. The molecule has 0 bridgehead atoms. The molecule has 92 valence electrons. The number of nitrogens with one attached hydrogen (secondary N) is 1. The average Bonchev–Trinajstić information content (AvgIpc) is 2.48. The van der Waals surface area contributed by atoms with E-state index >= 15 is 0 Å². The van der Waals surface area contributed by atoms with E-state index in [4.69, 9.17) is 11.6 Å². The second kappa shape index (κ2) is 5.52. The van der Waals surface area contributed by atoms with Gasteiger partial charge in [-0.1, -0.05) is 30.7 Å². The first-order chi connectivity index (χ1) is 8.16. The molecule has 4 heteroatoms. The first-order valence-electron chi connectivity index (χ1n) is 5.91. The number of amides is 1. The second-order valence-corrected chi connectivity index (χ2v) is 4.93. The van der Waals surface area contributed by atoms with Gasteiger partial charge in [-0.05, 0) is 17.7 Å². The molecule has 1 aromatic carbocycles. The van der Waals surface area contributed by atoms with Crippen LogP contribution in [0.1, 0.15) is 12.5 Å². The number of hydrogen-bond acceptors (Lipinski definition) is 2. The predicted molar refractivity (Wildman–Crippen MR) is 68.9 cm³/mol. The van der Waals surface area contributed by atoms with Gasteiger partial charge >= 0.3 is 0 Å². The van der Waals surface area contributed by atoms with Crippen molar-refractivity contribution in [2.24, 2.45) is 5.92 Å². The van der Waals surface area contributed by atoms with Gasteiger partial charge in [-0.25, -0.2) is 0 Å². The van der Waals surface area contributed by atoms with Crippen LogP contribution in [0.3, 0.4) is 0 Å². The number of benzene rings is 1. The van der Waals surface area contributed by atoms with Crippen LogP contribution in [-0.4, -0.2) is 30.4 Å². The lowest BCUT2D eigenvalue weighted by atomic mass is 10.1. The van der Waals surface area contributed by atoms with Crippen molar-refractivity contribution in [2.45, 2.75) is 13.5 Å². The molecule has 1 aromatic rings. The zero-order chi connectivity index (χ0) is 12.3. The van der Waals surface area contributed by atoms with Gasteiger partial charge in [0.05, 0.1) is 0 Å². The van der Waals surface area contributed by atoms with Gasteiger partial charge < -0.3 is 10.2 Å². The number of halogens is 1. The summed E-state index contributed by atoms with van der Waals surface area (Å²) < 4.78 is 0. The Bertz CT molecular complexity index is 391. The highest BCUT2D eigenvalue weighted by molar-refractivity contribution is 6.30. The smallest absolute Gasteiger partial charge is 0.227 e. The van der Waals surface area contributed by atoms with E-state index in [0.29, 0.717) is 6.54 Å². The lowest BCUT2D eigenvalue weighted by Gasteiger charge is -2.22. The Labute approximate surface area is 107 Å². The first kappa shape index (κ1) is 12.4. The highest BCUT2D eigenvalue weighted by Gasteiger charge is 2.22. The van der Waals surface area contributed by atoms with Gasteiger partial charge in [-0.2, -0.15) is 0 Å². The van der Waals surface area contributed by atoms with Gasteiger partial charge in [-0.15, -0.1) is 0 Å². The van der Waals surface area contributed by atoms with Crippen molar-refractivity contribution in [1.29, 1.82) is 0 Å². The summed E-state index contributed by atoms with van der Waals surface area (Å²) in [5, 5.41) is 4.00. The quantitative estimate of drug-likeness (QED) is 0.872. The third-order valence-electron chi connectivity index (χ3n) is 3.03. The summed E-state index contributed by atoms with van der Waals surface area (Å²) in [4.78, 5) is 14.0. The minimum atomic E-state index is 0.0600. The van der Waals surface area contributed by atoms with Gasteiger partial charge in [0, 0.05) is 37.1 Å². The third-order valence-corrected chi connectivity index (χ3v) is 3.28. The van der Waals surface area contributed by atoms with E-state index < -0.39 is 0 Å². The summed E-state index contributed by atoms with van der Waals surface area (Å²) in [5.41, 5.74) is 1.12. The Morgan fingerprint density at radius 1 is 1.41 bits per heavy atom. The van der Waals surface area contributed by atoms with Gasteiger partial charge in [0.2, 0.25) is 5.91 Å². The first-order valence-corrected chi connectivity index (χ1v) is 6.28. The molecule has 1 fully saturated rings. The molecule has 2 rings (SSSR count). The minimum Gasteiger partial charge on any atom is -0.337 e. The van der Waals surface area contributed by atoms with Gasteiger partial charge in [0.25, 0.3) is 0 Å². The molecule has 0 saturated carbocycles. The van der Waals surface area contributed by atoms with Crippen molar-refractivity contribution in [3.05, 3.63) is 34.9 Å². The Morgan fingerprint density at radius 3 is 2.82 bits per heavy atom. The van der Waals surface area contributed by atoms with E-state index in [1.165, 1.54) is 0 Å². The molecule has 1 unspecified atom stereocenters. The fraction of sp³-hybridized carbons (Fsp3) is 0.462. The summed E-state index contributed by atoms with van der Waals surface area (Å²) in [6.07, 6.45) is 0. The average molecular weight is 253 g/mol. The van der Waals surface area contributed by atoms with Crippen LogP contribution in [0.15, 0.2) is 24.3 Å². The molecule has 17 heavy (non-hydrogen) atoms. The molecule has 1 saturated heterocycles. The Hall–Kier alpha value is -1.06. The molecular weight excluding hydrogens is 236 g/mol. The number of carbonyl (C=O) groups is 1. The molecular formula is C13H17ClN2O. The van der Waals surface area contributed by atoms with Crippen molar-refractivity contribution in [3.8, 4) is 0 Å². The van der Waals surface area contributed by atoms with Crippen LogP contribution >= 0.6 is 11.6 Å². The maximum Gasteiger partial charge on any atom is 0.227 e. The SMILES string of the molecule is CC1CNCCN(Cc2ccc(Cl)cc2)C1=O. The maximum atomic E-state index is 12.1. The fourth-order valence-electron chi connectivity index (χ4n) is 2.01. The maximum absolute atomic E-state index is 12.1. The van der Waals surface area contributed by atoms with Crippen LogP contribution in [0.2, 0.25) is 5.02 Å². The highest BCUT2D eigenvalue weighted by Crippen LogP contribution is 2.13. The van der Waals surface area contributed by atoms with Crippen molar-refractivity contribution in [2.75, 3.05) is 19.6 Å². The van der Waals surface area contributed by atoms with Crippen molar-refractivity contribution < 1.29 is 4.79 Å². The number of nitrogens with zero attached hydrogens (tertiary/aromatic N) is 1. The van der Waals surface area contributed by atoms with Crippen LogP contribution in [0, 0.1) is 5.92 Å². The standard InChI is InChI=1S/C13H17ClN2O/c1-10-8-15-6-7-16(13(10)17)9-11-2-4-12(14)5-3-11/h2-5,10,15H,6-9H2,1H3. The lowest BCUT2D eigenvalue weighted by Crippen LogP contribution is -2.34. The molecule has 0 aliphatic carbocycles. The number of rotatable bonds is 2. The Balaban J connectivity index is 2.06. The molecule has 1 atom stereocenters. The monoisotopic (exact) mass is 252 g/mol. The van der Waals surface area contributed by atoms with Gasteiger partial charge in [0.15, 0.2) is 0 Å². The van der Waals surface area contributed by atoms with E-state index in [0.717, 1.165) is 30.2 Å². The van der Waals surface area contributed by atoms with E-state index in [1.807, 2.05) is 36.1 Å². The zero-order valence-electron chi connectivity index (χ0n) is 9.95. The van der Waals surface area contributed by atoms with Gasteiger partial charge in [-0.3, -0.25) is 4.79 Å². The fourth-order valence-corrected chi connectivity index (χ4v) is 2.13. The van der Waals surface area contributed by atoms with E-state index in [1.54, 1.807) is 0 Å².